The summed E-state index contributed by atoms with van der Waals surface area (Å²) in [6, 6.07) is 19.9. The number of fused-ring (bicyclic) bond motifs is 3. The van der Waals surface area contributed by atoms with Crippen LogP contribution in [0.5, 0.6) is 0 Å². The minimum absolute atomic E-state index is 0.00760. The zero-order valence-electron chi connectivity index (χ0n) is 48.7. The van der Waals surface area contributed by atoms with E-state index in [0.717, 1.165) is 22.3 Å². The lowest BCUT2D eigenvalue weighted by Crippen LogP contribution is -2.14. The lowest BCUT2D eigenvalue weighted by atomic mass is 9.79. The molecule has 0 aliphatic heterocycles. The lowest BCUT2D eigenvalue weighted by molar-refractivity contribution is 0.660. The van der Waals surface area contributed by atoms with Gasteiger partial charge in [-0.05, 0) is 150 Å². The molecular weight excluding hydrogens is 709 g/mol. The Morgan fingerprint density at radius 2 is 0.898 bits per heavy atom. The van der Waals surface area contributed by atoms with Crippen LogP contribution in [-0.4, -0.2) is 0 Å². The Kier molecular flexibility index (Phi) is 4.11. The van der Waals surface area contributed by atoms with Gasteiger partial charge >= 0.3 is 0 Å². The molecule has 0 N–H and O–H groups in total. The summed E-state index contributed by atoms with van der Waals surface area (Å²) in [4.78, 5) is 0. The fraction of sp³-hybridized carbons (Fsp3) is 0.0508. The molecule has 0 atom stereocenters. The van der Waals surface area contributed by atoms with Crippen LogP contribution in [0.3, 0.4) is 0 Å². The van der Waals surface area contributed by atoms with Gasteiger partial charge in [-0.25, -0.2) is 0 Å². The minimum atomic E-state index is -0.600. The van der Waals surface area contributed by atoms with Crippen molar-refractivity contribution in [2.24, 2.45) is 0 Å². The molecule has 0 saturated carbocycles. The van der Waals surface area contributed by atoms with Crippen LogP contribution < -0.4 is 0 Å². The van der Waals surface area contributed by atoms with Crippen molar-refractivity contribution in [2.45, 2.75) is 19.3 Å². The second kappa shape index (κ2) is 11.9. The fourth-order valence-electron chi connectivity index (χ4n) is 9.61. The van der Waals surface area contributed by atoms with Gasteiger partial charge in [0, 0.05) is 5.41 Å². The first-order valence-corrected chi connectivity index (χ1v) is 19.5. The van der Waals surface area contributed by atoms with Crippen molar-refractivity contribution in [3.8, 4) is 55.6 Å². The highest BCUT2D eigenvalue weighted by molar-refractivity contribution is 6.27. The lowest BCUT2D eigenvalue weighted by Gasteiger charge is -2.24. The zero-order chi connectivity index (χ0) is 53.8. The fourth-order valence-corrected chi connectivity index (χ4v) is 9.61. The van der Waals surface area contributed by atoms with Gasteiger partial charge in [-0.2, -0.15) is 0 Å². The normalized spacial score (nSPS) is 17.4. The van der Waals surface area contributed by atoms with Gasteiger partial charge in [0.1, 0.15) is 0 Å². The number of rotatable bonds is 4. The molecule has 0 radical (unpaired) electrons. The molecule has 59 heavy (non-hydrogen) atoms. The van der Waals surface area contributed by atoms with Crippen molar-refractivity contribution in [3.63, 3.8) is 0 Å². The van der Waals surface area contributed by atoms with E-state index in [1.165, 1.54) is 6.07 Å². The van der Waals surface area contributed by atoms with Crippen LogP contribution in [-0.2, 0) is 5.41 Å². The predicted octanol–water partition coefficient (Wildman–Crippen LogP) is 16.5. The van der Waals surface area contributed by atoms with E-state index < -0.39 is 90.0 Å². The molecular formula is C59H38. The molecule has 13 rings (SSSR count). The molecule has 0 fully saturated rings. The summed E-state index contributed by atoms with van der Waals surface area (Å²) in [6.07, 6.45) is 0. The van der Waals surface area contributed by atoms with Crippen LogP contribution >= 0.6 is 0 Å². The van der Waals surface area contributed by atoms with E-state index in [1.54, 1.807) is 12.1 Å². The maximum absolute atomic E-state index is 10.1. The molecule has 0 heterocycles. The summed E-state index contributed by atoms with van der Waals surface area (Å²) in [5.41, 5.74) is 6.12. The summed E-state index contributed by atoms with van der Waals surface area (Å²) in [6.45, 7) is 4.27. The first kappa shape index (κ1) is 20.4. The Hall–Kier alpha value is -7.28. The monoisotopic (exact) mass is 763 g/mol. The van der Waals surface area contributed by atoms with Gasteiger partial charge in [0.2, 0.25) is 0 Å². The molecule has 0 saturated heterocycles. The predicted molar refractivity (Wildman–Crippen MR) is 253 cm³/mol. The number of hydrogen-bond acceptors (Lipinski definition) is 0. The Bertz CT molecular complexity index is 4650. The quantitative estimate of drug-likeness (QED) is 0.157. The van der Waals surface area contributed by atoms with E-state index in [9.17, 15) is 13.7 Å². The third-order valence-corrected chi connectivity index (χ3v) is 12.3. The van der Waals surface area contributed by atoms with Crippen molar-refractivity contribution < 1.29 is 23.3 Å². The third kappa shape index (κ3) is 4.55. The van der Waals surface area contributed by atoms with Gasteiger partial charge in [-0.1, -0.05) is 189 Å². The van der Waals surface area contributed by atoms with Crippen LogP contribution in [0.15, 0.2) is 194 Å². The molecule has 0 heteroatoms. The summed E-state index contributed by atoms with van der Waals surface area (Å²) in [7, 11) is 0. The van der Waals surface area contributed by atoms with E-state index in [-0.39, 0.29) is 105 Å². The zero-order valence-corrected chi connectivity index (χ0v) is 31.7. The van der Waals surface area contributed by atoms with Gasteiger partial charge < -0.3 is 0 Å². The molecule has 12 aromatic carbocycles. The first-order chi connectivity index (χ1) is 36.1. The van der Waals surface area contributed by atoms with Crippen LogP contribution in [0.1, 0.15) is 48.3 Å². The second-order valence-electron chi connectivity index (χ2n) is 15.8. The Labute approximate surface area is 367 Å². The van der Waals surface area contributed by atoms with Crippen molar-refractivity contribution in [2.75, 3.05) is 0 Å². The molecule has 0 unspecified atom stereocenters. The smallest absolute Gasteiger partial charge is 0.0622 e. The topological polar surface area (TPSA) is 0 Å². The molecule has 0 bridgehead atoms. The van der Waals surface area contributed by atoms with Gasteiger partial charge in [-0.3, -0.25) is 0 Å². The average Bonchev–Trinajstić information content (AvgIpc) is 3.75. The van der Waals surface area contributed by atoms with Crippen LogP contribution in [0.4, 0.5) is 0 Å². The number of benzene rings is 12. The van der Waals surface area contributed by atoms with Crippen LogP contribution in [0.2, 0.25) is 0 Å². The van der Waals surface area contributed by atoms with Crippen molar-refractivity contribution in [1.29, 1.82) is 0 Å². The Morgan fingerprint density at radius 1 is 0.339 bits per heavy atom. The maximum atomic E-state index is 10.1. The summed E-state index contributed by atoms with van der Waals surface area (Å²) >= 11 is 0. The third-order valence-electron chi connectivity index (χ3n) is 12.3. The molecule has 274 valence electrons. The van der Waals surface area contributed by atoms with Gasteiger partial charge in [-0.15, -0.1) is 0 Å². The van der Waals surface area contributed by atoms with E-state index >= 15 is 0 Å². The standard InChI is InChI=1S/C59H38/c1-59(2)52-17-7-6-16-46(52)47-29-26-42(34-53(47)59)50-32-43(44-27-22-40-20-18-36-12-8-14-38-24-30-48(44)57(40)54(36)38)33-51(56(50)35-10-4-3-5-11-35)45-28-23-41-21-19-37-13-9-15-39-25-31-49(45)58(41)55(37)39/h3-34H,1-2H3/i8D,9D,12D,13D,15D,18D,19D,20D,21D,22D,23D,24D,25D,27D,28D,30D,31D. The molecule has 12 aromatic rings. The molecule has 1 aliphatic rings. The molecule has 0 nitrogen and oxygen atoms in total. The largest absolute Gasteiger partial charge is 0.0630 e. The van der Waals surface area contributed by atoms with Crippen LogP contribution in [0.25, 0.3) is 120 Å². The molecule has 0 aromatic heterocycles. The molecule has 1 aliphatic carbocycles. The molecule has 0 amide bonds. The van der Waals surface area contributed by atoms with Gasteiger partial charge in [0.15, 0.2) is 0 Å². The highest BCUT2D eigenvalue weighted by Gasteiger charge is 2.35. The summed E-state index contributed by atoms with van der Waals surface area (Å²) in [5, 5.41) is -0.760. The highest BCUT2D eigenvalue weighted by Crippen LogP contribution is 2.52. The Balaban J connectivity index is 1.28. The minimum Gasteiger partial charge on any atom is -0.0622 e. The summed E-state index contributed by atoms with van der Waals surface area (Å²) < 4.78 is 159. The SMILES string of the molecule is [2H]c1cc2c([2H])c([2H])c3c(-c4cc(-c5ccc6c(c5)C(C)(C)c5ccccc5-6)c(-c5ccccc5)c(-c5c([2H])c([2H])c6c([2H])c([2H])c7c([2H])c([2H])c([2H])c8c([2H])c([2H])c5c6c78)c4)c([2H])c([2H])c4c([2H])c([2H])c(c1[2H])c2c43. The van der Waals surface area contributed by atoms with E-state index in [0.29, 0.717) is 22.3 Å². The van der Waals surface area contributed by atoms with Gasteiger partial charge in [0.05, 0.1) is 23.3 Å². The van der Waals surface area contributed by atoms with Crippen molar-refractivity contribution in [1.82, 2.24) is 0 Å². The van der Waals surface area contributed by atoms with E-state index in [1.807, 2.05) is 54.6 Å². The summed E-state index contributed by atoms with van der Waals surface area (Å²) in [5.74, 6) is 0. The Morgan fingerprint density at radius 3 is 1.66 bits per heavy atom. The van der Waals surface area contributed by atoms with Crippen molar-refractivity contribution >= 4 is 64.6 Å². The average molecular weight is 764 g/mol. The number of hydrogen-bond donors (Lipinski definition) is 0. The van der Waals surface area contributed by atoms with Gasteiger partial charge in [0.25, 0.3) is 0 Å². The second-order valence-corrected chi connectivity index (χ2v) is 15.8. The highest BCUT2D eigenvalue weighted by atomic mass is 14.4. The van der Waals surface area contributed by atoms with E-state index in [2.05, 4.69) is 32.0 Å². The van der Waals surface area contributed by atoms with Crippen LogP contribution in [0, 0.1) is 0 Å². The first-order valence-electron chi connectivity index (χ1n) is 28.0. The maximum Gasteiger partial charge on any atom is 0.0630 e. The molecule has 0 spiro atoms. The van der Waals surface area contributed by atoms with E-state index in [4.69, 9.17) is 9.60 Å². The van der Waals surface area contributed by atoms with Crippen molar-refractivity contribution in [3.05, 3.63) is 205 Å².